The number of amides is 1. The summed E-state index contributed by atoms with van der Waals surface area (Å²) in [5.41, 5.74) is 3.29. The van der Waals surface area contributed by atoms with Crippen molar-refractivity contribution in [1.29, 1.82) is 0 Å². The van der Waals surface area contributed by atoms with Crippen LogP contribution in [0, 0.1) is 13.8 Å². The first kappa shape index (κ1) is 25.6. The van der Waals surface area contributed by atoms with Crippen LogP contribution in [0.1, 0.15) is 16.7 Å². The summed E-state index contributed by atoms with van der Waals surface area (Å²) in [6.45, 7) is 3.68. The maximum atomic E-state index is 12.8. The van der Waals surface area contributed by atoms with Crippen LogP contribution in [0.25, 0.3) is 6.08 Å². The Morgan fingerprint density at radius 3 is 2.03 bits per heavy atom. The molecule has 8 nitrogen and oxygen atoms in total. The summed E-state index contributed by atoms with van der Waals surface area (Å²) in [5, 5.41) is 2.71. The number of methoxy groups -OCH3 is 3. The molecule has 0 aliphatic rings. The summed E-state index contributed by atoms with van der Waals surface area (Å²) in [6, 6.07) is 14.9. The zero-order valence-corrected chi connectivity index (χ0v) is 21.0. The van der Waals surface area contributed by atoms with E-state index in [0.29, 0.717) is 34.2 Å². The maximum absolute atomic E-state index is 12.8. The molecular weight excluding hydrogens is 468 g/mol. The second-order valence-electron chi connectivity index (χ2n) is 7.64. The highest BCUT2D eigenvalue weighted by molar-refractivity contribution is 7.92. The van der Waals surface area contributed by atoms with Crippen LogP contribution < -0.4 is 24.2 Å². The highest BCUT2D eigenvalue weighted by Gasteiger charge is 2.17. The van der Waals surface area contributed by atoms with Gasteiger partial charge in [0.05, 0.1) is 31.9 Å². The molecule has 0 fully saturated rings. The molecule has 9 heteroatoms. The lowest BCUT2D eigenvalue weighted by molar-refractivity contribution is -0.111. The standard InChI is InChI=1S/C26H28N2O6S/c1-17-7-6-8-18(2)24(17)28-35(30,31)21-13-11-20(12-14-21)27-23(29)16-10-19-9-15-22(32-3)26(34-5)25(19)33-4/h6-16,28H,1-5H3,(H,27,29). The minimum Gasteiger partial charge on any atom is -0.493 e. The van der Waals surface area contributed by atoms with Crippen LogP contribution in [0.2, 0.25) is 0 Å². The number of nitrogens with one attached hydrogen (secondary N) is 2. The number of sulfonamides is 1. The van der Waals surface area contributed by atoms with E-state index in [1.807, 2.05) is 32.0 Å². The van der Waals surface area contributed by atoms with E-state index in [0.717, 1.165) is 11.1 Å². The zero-order chi connectivity index (χ0) is 25.6. The lowest BCUT2D eigenvalue weighted by Gasteiger charge is -2.14. The van der Waals surface area contributed by atoms with Crippen LogP contribution in [0.15, 0.2) is 65.6 Å². The van der Waals surface area contributed by atoms with Crippen molar-refractivity contribution >= 4 is 33.4 Å². The van der Waals surface area contributed by atoms with Crippen molar-refractivity contribution in [3.05, 3.63) is 77.4 Å². The molecule has 0 spiro atoms. The van der Waals surface area contributed by atoms with Crippen molar-refractivity contribution in [2.75, 3.05) is 31.4 Å². The van der Waals surface area contributed by atoms with Gasteiger partial charge in [-0.1, -0.05) is 18.2 Å². The third-order valence-electron chi connectivity index (χ3n) is 5.30. The summed E-state index contributed by atoms with van der Waals surface area (Å²) in [7, 11) is 0.743. The molecule has 1 amide bonds. The molecule has 0 atom stereocenters. The normalized spacial score (nSPS) is 11.2. The van der Waals surface area contributed by atoms with E-state index < -0.39 is 15.9 Å². The first-order chi connectivity index (χ1) is 16.7. The molecule has 3 rings (SSSR count). The minimum absolute atomic E-state index is 0.0868. The number of rotatable bonds is 9. The number of hydrogen-bond acceptors (Lipinski definition) is 6. The fraction of sp³-hybridized carbons (Fsp3) is 0.192. The lowest BCUT2D eigenvalue weighted by Crippen LogP contribution is -2.15. The van der Waals surface area contributed by atoms with Gasteiger partial charge in [0.15, 0.2) is 11.5 Å². The average Bonchev–Trinajstić information content (AvgIpc) is 2.84. The number of hydrogen-bond donors (Lipinski definition) is 2. The molecule has 0 saturated carbocycles. The first-order valence-corrected chi connectivity index (χ1v) is 12.2. The topological polar surface area (TPSA) is 103 Å². The summed E-state index contributed by atoms with van der Waals surface area (Å²) < 4.78 is 44.3. The molecule has 0 saturated heterocycles. The predicted molar refractivity (Wildman–Crippen MR) is 137 cm³/mol. The second-order valence-corrected chi connectivity index (χ2v) is 9.33. The number of para-hydroxylation sites is 1. The SMILES string of the molecule is COc1ccc(C=CC(=O)Nc2ccc(S(=O)(=O)Nc3c(C)cccc3C)cc2)c(OC)c1OC. The van der Waals surface area contributed by atoms with Gasteiger partial charge in [0.25, 0.3) is 10.0 Å². The van der Waals surface area contributed by atoms with Crippen molar-refractivity contribution < 1.29 is 27.4 Å². The van der Waals surface area contributed by atoms with Crippen molar-refractivity contribution in [1.82, 2.24) is 0 Å². The summed E-state index contributed by atoms with van der Waals surface area (Å²) >= 11 is 0. The van der Waals surface area contributed by atoms with Gasteiger partial charge >= 0.3 is 0 Å². The fourth-order valence-corrected chi connectivity index (χ4v) is 4.69. The van der Waals surface area contributed by atoms with Gasteiger partial charge in [-0.2, -0.15) is 0 Å². The van der Waals surface area contributed by atoms with E-state index in [4.69, 9.17) is 14.2 Å². The number of ether oxygens (including phenoxy) is 3. The largest absolute Gasteiger partial charge is 0.493 e. The Kier molecular flexibility index (Phi) is 8.03. The van der Waals surface area contributed by atoms with Gasteiger partial charge in [-0.3, -0.25) is 9.52 Å². The van der Waals surface area contributed by atoms with Gasteiger partial charge in [-0.25, -0.2) is 8.42 Å². The number of anilines is 2. The van der Waals surface area contributed by atoms with Gasteiger partial charge in [-0.05, 0) is 67.4 Å². The third-order valence-corrected chi connectivity index (χ3v) is 6.66. The van der Waals surface area contributed by atoms with Crippen LogP contribution >= 0.6 is 0 Å². The monoisotopic (exact) mass is 496 g/mol. The Morgan fingerprint density at radius 1 is 0.829 bits per heavy atom. The van der Waals surface area contributed by atoms with Crippen LogP contribution in [0.5, 0.6) is 17.2 Å². The van der Waals surface area contributed by atoms with E-state index in [1.165, 1.54) is 51.7 Å². The number of carbonyl (C=O) groups excluding carboxylic acids is 1. The van der Waals surface area contributed by atoms with Gasteiger partial charge in [0, 0.05) is 17.3 Å². The van der Waals surface area contributed by atoms with Crippen LogP contribution in [0.3, 0.4) is 0 Å². The Bertz CT molecular complexity index is 1330. The molecule has 35 heavy (non-hydrogen) atoms. The molecule has 3 aromatic rings. The van der Waals surface area contributed by atoms with E-state index >= 15 is 0 Å². The fourth-order valence-electron chi connectivity index (χ4n) is 3.49. The molecule has 0 bridgehead atoms. The van der Waals surface area contributed by atoms with E-state index in [-0.39, 0.29) is 4.90 Å². The van der Waals surface area contributed by atoms with Crippen molar-refractivity contribution in [3.8, 4) is 17.2 Å². The number of benzene rings is 3. The third kappa shape index (κ3) is 5.93. The van der Waals surface area contributed by atoms with Crippen molar-refractivity contribution in [2.45, 2.75) is 18.7 Å². The molecule has 0 aliphatic heterocycles. The average molecular weight is 497 g/mol. The molecule has 3 aromatic carbocycles. The Morgan fingerprint density at radius 2 is 1.46 bits per heavy atom. The number of aryl methyl sites for hydroxylation is 2. The highest BCUT2D eigenvalue weighted by Crippen LogP contribution is 2.40. The van der Waals surface area contributed by atoms with E-state index in [1.54, 1.807) is 18.2 Å². The summed E-state index contributed by atoms with van der Waals surface area (Å²) in [6.07, 6.45) is 2.93. The molecule has 0 aliphatic carbocycles. The molecule has 0 aromatic heterocycles. The molecule has 0 unspecified atom stereocenters. The molecule has 2 N–H and O–H groups in total. The zero-order valence-electron chi connectivity index (χ0n) is 20.2. The smallest absolute Gasteiger partial charge is 0.261 e. The van der Waals surface area contributed by atoms with Gasteiger partial charge in [0.2, 0.25) is 11.7 Å². The molecule has 184 valence electrons. The van der Waals surface area contributed by atoms with Crippen LogP contribution in [-0.2, 0) is 14.8 Å². The van der Waals surface area contributed by atoms with Gasteiger partial charge in [-0.15, -0.1) is 0 Å². The van der Waals surface area contributed by atoms with E-state index in [9.17, 15) is 13.2 Å². The van der Waals surface area contributed by atoms with Gasteiger partial charge < -0.3 is 19.5 Å². The summed E-state index contributed by atoms with van der Waals surface area (Å²) in [4.78, 5) is 12.5. The van der Waals surface area contributed by atoms with E-state index in [2.05, 4.69) is 10.0 Å². The predicted octanol–water partition coefficient (Wildman–Crippen LogP) is 4.78. The first-order valence-electron chi connectivity index (χ1n) is 10.7. The maximum Gasteiger partial charge on any atom is 0.261 e. The minimum atomic E-state index is -3.78. The Hall–Kier alpha value is -3.98. The molecule has 0 heterocycles. The second kappa shape index (κ2) is 11.0. The van der Waals surface area contributed by atoms with Gasteiger partial charge in [0.1, 0.15) is 0 Å². The quantitative estimate of drug-likeness (QED) is 0.413. The highest BCUT2D eigenvalue weighted by atomic mass is 32.2. The van der Waals surface area contributed by atoms with Crippen LogP contribution in [0.4, 0.5) is 11.4 Å². The van der Waals surface area contributed by atoms with Crippen molar-refractivity contribution in [3.63, 3.8) is 0 Å². The Balaban J connectivity index is 1.72. The molecule has 0 radical (unpaired) electrons. The Labute approximate surface area is 205 Å². The van der Waals surface area contributed by atoms with Crippen LogP contribution in [-0.4, -0.2) is 35.7 Å². The lowest BCUT2D eigenvalue weighted by atomic mass is 10.1. The molecular formula is C26H28N2O6S. The summed E-state index contributed by atoms with van der Waals surface area (Å²) in [5.74, 6) is 0.963. The van der Waals surface area contributed by atoms with Crippen molar-refractivity contribution in [2.24, 2.45) is 0 Å². The number of carbonyl (C=O) groups is 1.